The standard InChI is InChI=1S/C16H13NO2/c18-17(19)16(15-11-5-2-6-12-15)13-7-10-14-8-3-1-4-9-14/h1-13H/b10-7-,16-13+. The van der Waals surface area contributed by atoms with Crippen molar-refractivity contribution in [3.8, 4) is 0 Å². The van der Waals surface area contributed by atoms with Crippen LogP contribution in [0.4, 0.5) is 0 Å². The quantitative estimate of drug-likeness (QED) is 0.468. The van der Waals surface area contributed by atoms with Gasteiger partial charge in [-0.1, -0.05) is 60.7 Å². The van der Waals surface area contributed by atoms with E-state index in [4.69, 9.17) is 0 Å². The van der Waals surface area contributed by atoms with E-state index in [1.165, 1.54) is 6.08 Å². The Bertz CT molecular complexity index is 601. The summed E-state index contributed by atoms with van der Waals surface area (Å²) in [5.41, 5.74) is 1.70. The van der Waals surface area contributed by atoms with Crippen molar-refractivity contribution >= 4 is 11.8 Å². The van der Waals surface area contributed by atoms with E-state index in [1.54, 1.807) is 30.3 Å². The van der Waals surface area contributed by atoms with Gasteiger partial charge in [-0.05, 0) is 17.7 Å². The predicted molar refractivity (Wildman–Crippen MR) is 76.9 cm³/mol. The number of nitrogens with zero attached hydrogens (tertiary/aromatic N) is 1. The van der Waals surface area contributed by atoms with Crippen molar-refractivity contribution in [1.82, 2.24) is 0 Å². The van der Waals surface area contributed by atoms with Crippen LogP contribution < -0.4 is 0 Å². The first-order chi connectivity index (χ1) is 9.27. The highest BCUT2D eigenvalue weighted by atomic mass is 16.6. The molecular formula is C16H13NO2. The minimum atomic E-state index is -0.370. The fourth-order valence-corrected chi connectivity index (χ4v) is 1.69. The molecule has 0 saturated heterocycles. The topological polar surface area (TPSA) is 43.1 Å². The molecule has 0 bridgehead atoms. The molecule has 0 saturated carbocycles. The summed E-state index contributed by atoms with van der Waals surface area (Å²) >= 11 is 0. The second kappa shape index (κ2) is 6.31. The zero-order valence-corrected chi connectivity index (χ0v) is 10.3. The minimum Gasteiger partial charge on any atom is -0.258 e. The maximum Gasteiger partial charge on any atom is 0.276 e. The SMILES string of the molecule is O=[N+]([O-])/C(=C/C=C\c1ccccc1)c1ccccc1. The molecule has 0 aliphatic carbocycles. The van der Waals surface area contributed by atoms with Crippen LogP contribution in [-0.4, -0.2) is 4.92 Å². The van der Waals surface area contributed by atoms with Gasteiger partial charge in [-0.15, -0.1) is 0 Å². The van der Waals surface area contributed by atoms with Crippen molar-refractivity contribution < 1.29 is 4.92 Å². The van der Waals surface area contributed by atoms with E-state index in [2.05, 4.69) is 0 Å². The highest BCUT2D eigenvalue weighted by Gasteiger charge is 2.11. The first kappa shape index (κ1) is 12.8. The molecule has 19 heavy (non-hydrogen) atoms. The van der Waals surface area contributed by atoms with Crippen molar-refractivity contribution in [3.05, 3.63) is 94.1 Å². The predicted octanol–water partition coefficient (Wildman–Crippen LogP) is 4.02. The van der Waals surface area contributed by atoms with Crippen molar-refractivity contribution in [1.29, 1.82) is 0 Å². The van der Waals surface area contributed by atoms with E-state index in [0.29, 0.717) is 5.56 Å². The number of hydrogen-bond donors (Lipinski definition) is 0. The number of hydrogen-bond acceptors (Lipinski definition) is 2. The van der Waals surface area contributed by atoms with Gasteiger partial charge in [0.1, 0.15) is 0 Å². The highest BCUT2D eigenvalue weighted by molar-refractivity contribution is 5.62. The minimum absolute atomic E-state index is 0.0905. The van der Waals surface area contributed by atoms with Crippen LogP contribution in [0.5, 0.6) is 0 Å². The van der Waals surface area contributed by atoms with Crippen LogP contribution in [0.2, 0.25) is 0 Å². The fourth-order valence-electron chi connectivity index (χ4n) is 1.69. The van der Waals surface area contributed by atoms with E-state index >= 15 is 0 Å². The van der Waals surface area contributed by atoms with Crippen LogP contribution in [0.1, 0.15) is 11.1 Å². The normalized spacial score (nSPS) is 11.7. The van der Waals surface area contributed by atoms with Crippen molar-refractivity contribution in [3.63, 3.8) is 0 Å². The Labute approximate surface area is 111 Å². The van der Waals surface area contributed by atoms with Crippen molar-refractivity contribution in [2.75, 3.05) is 0 Å². The fraction of sp³-hybridized carbons (Fsp3) is 0. The van der Waals surface area contributed by atoms with Gasteiger partial charge >= 0.3 is 0 Å². The second-order valence-corrected chi connectivity index (χ2v) is 3.94. The summed E-state index contributed by atoms with van der Waals surface area (Å²) < 4.78 is 0. The third kappa shape index (κ3) is 3.64. The first-order valence-corrected chi connectivity index (χ1v) is 5.90. The Hall–Kier alpha value is -2.68. The van der Waals surface area contributed by atoms with E-state index in [-0.39, 0.29) is 10.6 Å². The molecule has 0 aliphatic heterocycles. The Kier molecular flexibility index (Phi) is 4.24. The maximum atomic E-state index is 11.0. The number of rotatable bonds is 4. The molecule has 0 aliphatic rings. The van der Waals surface area contributed by atoms with Gasteiger partial charge < -0.3 is 0 Å². The number of nitro groups is 1. The molecule has 0 amide bonds. The van der Waals surface area contributed by atoms with Gasteiger partial charge in [0.2, 0.25) is 0 Å². The average molecular weight is 251 g/mol. The molecule has 0 atom stereocenters. The molecular weight excluding hydrogens is 238 g/mol. The summed E-state index contributed by atoms with van der Waals surface area (Å²) in [5, 5.41) is 11.0. The first-order valence-electron chi connectivity index (χ1n) is 5.90. The Morgan fingerprint density at radius 2 is 1.53 bits per heavy atom. The lowest BCUT2D eigenvalue weighted by molar-refractivity contribution is -0.375. The van der Waals surface area contributed by atoms with E-state index < -0.39 is 0 Å². The van der Waals surface area contributed by atoms with Crippen LogP contribution in [0.25, 0.3) is 11.8 Å². The molecule has 0 spiro atoms. The molecule has 2 rings (SSSR count). The summed E-state index contributed by atoms with van der Waals surface area (Å²) in [7, 11) is 0. The van der Waals surface area contributed by atoms with Gasteiger partial charge in [-0.3, -0.25) is 10.1 Å². The molecule has 3 nitrogen and oxygen atoms in total. The molecule has 2 aromatic carbocycles. The monoisotopic (exact) mass is 251 g/mol. The second-order valence-electron chi connectivity index (χ2n) is 3.94. The zero-order chi connectivity index (χ0) is 13.5. The maximum absolute atomic E-state index is 11.0. The summed E-state index contributed by atoms with van der Waals surface area (Å²) in [6.07, 6.45) is 5.05. The summed E-state index contributed by atoms with van der Waals surface area (Å²) in [6, 6.07) is 18.5. The zero-order valence-electron chi connectivity index (χ0n) is 10.3. The molecule has 0 radical (unpaired) electrons. The van der Waals surface area contributed by atoms with Crippen molar-refractivity contribution in [2.24, 2.45) is 0 Å². The van der Waals surface area contributed by atoms with Gasteiger partial charge in [0, 0.05) is 6.08 Å². The molecule has 0 unspecified atom stereocenters. The molecule has 2 aromatic rings. The van der Waals surface area contributed by atoms with E-state index in [9.17, 15) is 10.1 Å². The van der Waals surface area contributed by atoms with Gasteiger partial charge in [-0.25, -0.2) is 0 Å². The smallest absolute Gasteiger partial charge is 0.258 e. The largest absolute Gasteiger partial charge is 0.276 e. The van der Waals surface area contributed by atoms with Gasteiger partial charge in [-0.2, -0.15) is 0 Å². The average Bonchev–Trinajstić information content (AvgIpc) is 2.45. The lowest BCUT2D eigenvalue weighted by Crippen LogP contribution is -1.96. The third-order valence-electron chi connectivity index (χ3n) is 2.61. The van der Waals surface area contributed by atoms with Gasteiger partial charge in [0.05, 0.1) is 10.5 Å². The van der Waals surface area contributed by atoms with Crippen LogP contribution >= 0.6 is 0 Å². The lowest BCUT2D eigenvalue weighted by atomic mass is 10.1. The molecule has 94 valence electrons. The van der Waals surface area contributed by atoms with Crippen LogP contribution in [0.3, 0.4) is 0 Å². The number of benzene rings is 2. The van der Waals surface area contributed by atoms with E-state index in [0.717, 1.165) is 5.56 Å². The lowest BCUT2D eigenvalue weighted by Gasteiger charge is -1.96. The Balaban J connectivity index is 2.24. The van der Waals surface area contributed by atoms with Crippen molar-refractivity contribution in [2.45, 2.75) is 0 Å². The summed E-state index contributed by atoms with van der Waals surface area (Å²) in [4.78, 5) is 10.7. The molecule has 0 fully saturated rings. The van der Waals surface area contributed by atoms with E-state index in [1.807, 2.05) is 42.5 Å². The Morgan fingerprint density at radius 3 is 2.11 bits per heavy atom. The Morgan fingerprint density at radius 1 is 0.947 bits per heavy atom. The van der Waals surface area contributed by atoms with Crippen LogP contribution in [-0.2, 0) is 0 Å². The molecule has 3 heteroatoms. The third-order valence-corrected chi connectivity index (χ3v) is 2.61. The molecule has 0 heterocycles. The summed E-state index contributed by atoms with van der Waals surface area (Å²) in [5.74, 6) is 0. The number of allylic oxidation sites excluding steroid dienone is 2. The van der Waals surface area contributed by atoms with Crippen LogP contribution in [0.15, 0.2) is 72.8 Å². The van der Waals surface area contributed by atoms with Crippen LogP contribution in [0, 0.1) is 10.1 Å². The molecule has 0 N–H and O–H groups in total. The highest BCUT2D eigenvalue weighted by Crippen LogP contribution is 2.15. The summed E-state index contributed by atoms with van der Waals surface area (Å²) in [6.45, 7) is 0. The molecule has 0 aromatic heterocycles. The van der Waals surface area contributed by atoms with Gasteiger partial charge in [0.25, 0.3) is 5.70 Å². The van der Waals surface area contributed by atoms with Gasteiger partial charge in [0.15, 0.2) is 0 Å².